The summed E-state index contributed by atoms with van der Waals surface area (Å²) in [7, 11) is 0. The Bertz CT molecular complexity index is 868. The van der Waals surface area contributed by atoms with Gasteiger partial charge in [0, 0.05) is 16.8 Å². The Morgan fingerprint density at radius 2 is 1.73 bits per heavy atom. The second-order valence-corrected chi connectivity index (χ2v) is 5.58. The quantitative estimate of drug-likeness (QED) is 0.759. The Labute approximate surface area is 130 Å². The van der Waals surface area contributed by atoms with Crippen LogP contribution in [0.3, 0.4) is 0 Å². The van der Waals surface area contributed by atoms with Crippen molar-refractivity contribution < 1.29 is 4.79 Å². The summed E-state index contributed by atoms with van der Waals surface area (Å²) in [6.45, 7) is 6.00. The van der Waals surface area contributed by atoms with E-state index in [-0.39, 0.29) is 5.91 Å². The predicted octanol–water partition coefficient (Wildman–Crippen LogP) is 4.41. The number of pyridine rings is 1. The second-order valence-electron chi connectivity index (χ2n) is 5.58. The summed E-state index contributed by atoms with van der Waals surface area (Å²) in [4.78, 5) is 17.1. The summed E-state index contributed by atoms with van der Waals surface area (Å²) >= 11 is 0. The molecule has 1 aromatic heterocycles. The van der Waals surface area contributed by atoms with Gasteiger partial charge >= 0.3 is 0 Å². The molecule has 0 radical (unpaired) electrons. The van der Waals surface area contributed by atoms with Crippen molar-refractivity contribution in [3.05, 3.63) is 70.9 Å². The zero-order valence-corrected chi connectivity index (χ0v) is 13.0. The topological polar surface area (TPSA) is 42.0 Å². The largest absolute Gasteiger partial charge is 0.322 e. The number of rotatable bonds is 2. The van der Waals surface area contributed by atoms with Crippen molar-refractivity contribution in [1.29, 1.82) is 0 Å². The maximum absolute atomic E-state index is 12.6. The molecule has 0 saturated heterocycles. The molecule has 22 heavy (non-hydrogen) atoms. The first-order valence-electron chi connectivity index (χ1n) is 7.29. The number of benzene rings is 2. The smallest absolute Gasteiger partial charge is 0.256 e. The van der Waals surface area contributed by atoms with Gasteiger partial charge in [-0.15, -0.1) is 0 Å². The minimum Gasteiger partial charge on any atom is -0.322 e. The molecule has 3 heteroatoms. The van der Waals surface area contributed by atoms with Gasteiger partial charge in [0.25, 0.3) is 5.91 Å². The van der Waals surface area contributed by atoms with Crippen LogP contribution in [0, 0.1) is 20.8 Å². The molecule has 1 N–H and O–H groups in total. The van der Waals surface area contributed by atoms with Crippen LogP contribution in [-0.4, -0.2) is 10.9 Å². The molecule has 1 amide bonds. The molecule has 0 aliphatic carbocycles. The van der Waals surface area contributed by atoms with Crippen LogP contribution < -0.4 is 5.32 Å². The van der Waals surface area contributed by atoms with Gasteiger partial charge in [-0.05, 0) is 56.2 Å². The maximum Gasteiger partial charge on any atom is 0.256 e. The van der Waals surface area contributed by atoms with Crippen LogP contribution >= 0.6 is 0 Å². The van der Waals surface area contributed by atoms with E-state index in [0.717, 1.165) is 27.8 Å². The highest BCUT2D eigenvalue weighted by atomic mass is 16.1. The molecule has 0 aliphatic rings. The van der Waals surface area contributed by atoms with Crippen molar-refractivity contribution in [1.82, 2.24) is 4.98 Å². The van der Waals surface area contributed by atoms with E-state index in [1.165, 1.54) is 5.56 Å². The minimum absolute atomic E-state index is 0.107. The zero-order valence-electron chi connectivity index (χ0n) is 13.0. The number of hydrogen-bond acceptors (Lipinski definition) is 2. The third-order valence-corrected chi connectivity index (χ3v) is 3.85. The molecule has 0 spiro atoms. The highest BCUT2D eigenvalue weighted by Gasteiger charge is 2.12. The van der Waals surface area contributed by atoms with Gasteiger partial charge in [0.05, 0.1) is 11.1 Å². The summed E-state index contributed by atoms with van der Waals surface area (Å²) < 4.78 is 0. The first kappa shape index (κ1) is 14.3. The molecule has 0 aliphatic heterocycles. The number of aromatic nitrogens is 1. The highest BCUT2D eigenvalue weighted by Crippen LogP contribution is 2.20. The first-order valence-corrected chi connectivity index (χ1v) is 7.29. The number of aryl methyl sites for hydroxylation is 3. The number of nitrogens with one attached hydrogen (secondary N) is 1. The lowest BCUT2D eigenvalue weighted by Crippen LogP contribution is -2.13. The van der Waals surface area contributed by atoms with E-state index in [1.54, 1.807) is 0 Å². The molecule has 3 aromatic rings. The monoisotopic (exact) mass is 290 g/mol. The Hall–Kier alpha value is -2.68. The molecule has 0 bridgehead atoms. The van der Waals surface area contributed by atoms with Crippen LogP contribution in [0.25, 0.3) is 10.9 Å². The van der Waals surface area contributed by atoms with Gasteiger partial charge in [-0.3, -0.25) is 9.78 Å². The van der Waals surface area contributed by atoms with E-state index in [0.29, 0.717) is 5.56 Å². The molecule has 2 aromatic carbocycles. The summed E-state index contributed by atoms with van der Waals surface area (Å²) in [5.41, 5.74) is 5.52. The molecule has 0 unspecified atom stereocenters. The third-order valence-electron chi connectivity index (χ3n) is 3.85. The molecular formula is C19H18N2O. The highest BCUT2D eigenvalue weighted by molar-refractivity contribution is 6.12. The molecule has 3 rings (SSSR count). The SMILES string of the molecule is Cc1cc(C(=O)Nc2ccc(C)c(C)c2)c2ccccc2n1. The van der Waals surface area contributed by atoms with Crippen molar-refractivity contribution >= 4 is 22.5 Å². The number of amides is 1. The maximum atomic E-state index is 12.6. The number of para-hydroxylation sites is 1. The number of carbonyl (C=O) groups is 1. The Morgan fingerprint density at radius 1 is 0.955 bits per heavy atom. The van der Waals surface area contributed by atoms with Crippen LogP contribution in [0.15, 0.2) is 48.5 Å². The Balaban J connectivity index is 2.00. The second kappa shape index (κ2) is 5.60. The van der Waals surface area contributed by atoms with Crippen molar-refractivity contribution in [3.63, 3.8) is 0 Å². The van der Waals surface area contributed by atoms with Crippen molar-refractivity contribution in [2.24, 2.45) is 0 Å². The van der Waals surface area contributed by atoms with E-state index in [2.05, 4.69) is 17.2 Å². The Kier molecular flexibility index (Phi) is 3.63. The molecule has 0 fully saturated rings. The van der Waals surface area contributed by atoms with Crippen LogP contribution in [-0.2, 0) is 0 Å². The molecule has 1 heterocycles. The molecule has 0 atom stereocenters. The fraction of sp³-hybridized carbons (Fsp3) is 0.158. The predicted molar refractivity (Wildman–Crippen MR) is 90.3 cm³/mol. The van der Waals surface area contributed by atoms with Gasteiger partial charge in [-0.25, -0.2) is 0 Å². The molecular weight excluding hydrogens is 272 g/mol. The average molecular weight is 290 g/mol. The van der Waals surface area contributed by atoms with Crippen molar-refractivity contribution in [3.8, 4) is 0 Å². The van der Waals surface area contributed by atoms with E-state index < -0.39 is 0 Å². The normalized spacial score (nSPS) is 10.7. The number of fused-ring (bicyclic) bond motifs is 1. The number of anilines is 1. The third kappa shape index (κ3) is 2.70. The van der Waals surface area contributed by atoms with Gasteiger partial charge in [0.2, 0.25) is 0 Å². The van der Waals surface area contributed by atoms with Crippen molar-refractivity contribution in [2.75, 3.05) is 5.32 Å². The summed E-state index contributed by atoms with van der Waals surface area (Å²) in [6, 6.07) is 15.5. The van der Waals surface area contributed by atoms with Crippen LogP contribution in [0.4, 0.5) is 5.69 Å². The van der Waals surface area contributed by atoms with E-state index in [9.17, 15) is 4.79 Å². The number of carbonyl (C=O) groups excluding carboxylic acids is 1. The minimum atomic E-state index is -0.107. The van der Waals surface area contributed by atoms with Gasteiger partial charge in [-0.2, -0.15) is 0 Å². The van der Waals surface area contributed by atoms with Crippen LogP contribution in [0.1, 0.15) is 27.2 Å². The first-order chi connectivity index (χ1) is 10.5. The van der Waals surface area contributed by atoms with Gasteiger partial charge in [0.1, 0.15) is 0 Å². The summed E-state index contributed by atoms with van der Waals surface area (Å²) in [5.74, 6) is -0.107. The lowest BCUT2D eigenvalue weighted by molar-refractivity contribution is 0.102. The van der Waals surface area contributed by atoms with E-state index in [4.69, 9.17) is 0 Å². The lowest BCUT2D eigenvalue weighted by atomic mass is 10.1. The summed E-state index contributed by atoms with van der Waals surface area (Å²) in [5, 5.41) is 3.85. The molecule has 110 valence electrons. The molecule has 3 nitrogen and oxygen atoms in total. The fourth-order valence-corrected chi connectivity index (χ4v) is 2.51. The Morgan fingerprint density at radius 3 is 2.50 bits per heavy atom. The van der Waals surface area contributed by atoms with E-state index >= 15 is 0 Å². The van der Waals surface area contributed by atoms with Gasteiger partial charge < -0.3 is 5.32 Å². The zero-order chi connectivity index (χ0) is 15.7. The van der Waals surface area contributed by atoms with Crippen LogP contribution in [0.2, 0.25) is 0 Å². The summed E-state index contributed by atoms with van der Waals surface area (Å²) in [6.07, 6.45) is 0. The fourth-order valence-electron chi connectivity index (χ4n) is 2.51. The number of hydrogen-bond donors (Lipinski definition) is 1. The molecule has 0 saturated carbocycles. The van der Waals surface area contributed by atoms with Crippen molar-refractivity contribution in [2.45, 2.75) is 20.8 Å². The number of nitrogens with zero attached hydrogens (tertiary/aromatic N) is 1. The lowest BCUT2D eigenvalue weighted by Gasteiger charge is -2.10. The van der Waals surface area contributed by atoms with Gasteiger partial charge in [0.15, 0.2) is 0 Å². The van der Waals surface area contributed by atoms with Crippen LogP contribution in [0.5, 0.6) is 0 Å². The standard InChI is InChI=1S/C19H18N2O/c1-12-8-9-15(10-13(12)2)21-19(22)17-11-14(3)20-18-7-5-4-6-16(17)18/h4-11H,1-3H3,(H,21,22). The van der Waals surface area contributed by atoms with Gasteiger partial charge in [-0.1, -0.05) is 24.3 Å². The average Bonchev–Trinajstić information content (AvgIpc) is 2.50. The van der Waals surface area contributed by atoms with E-state index in [1.807, 2.05) is 62.4 Å².